The number of nitrogens with one attached hydrogen (secondary N) is 1. The zero-order valence-electron chi connectivity index (χ0n) is 13.3. The molecule has 1 aromatic rings. The summed E-state index contributed by atoms with van der Waals surface area (Å²) in [4.78, 5) is 13.8. The number of halogens is 1. The molecule has 2 unspecified atom stereocenters. The maximum atomic E-state index is 13.7. The number of rotatable bonds is 7. The summed E-state index contributed by atoms with van der Waals surface area (Å²) < 4.78 is 13.7. The van der Waals surface area contributed by atoms with E-state index in [2.05, 4.69) is 5.32 Å². The van der Waals surface area contributed by atoms with Gasteiger partial charge in [-0.05, 0) is 37.7 Å². The lowest BCUT2D eigenvalue weighted by Gasteiger charge is -2.18. The molecular weight excluding hydrogens is 269 g/mol. The molecule has 4 nitrogen and oxygen atoms in total. The van der Waals surface area contributed by atoms with Crippen molar-refractivity contribution in [2.75, 3.05) is 14.1 Å². The Morgan fingerprint density at radius 1 is 1.43 bits per heavy atom. The minimum atomic E-state index is -0.503. The lowest BCUT2D eigenvalue weighted by Crippen LogP contribution is -2.44. The van der Waals surface area contributed by atoms with Crippen molar-refractivity contribution >= 4 is 5.91 Å². The molecule has 118 valence electrons. The van der Waals surface area contributed by atoms with Gasteiger partial charge in [0.1, 0.15) is 5.82 Å². The highest BCUT2D eigenvalue weighted by atomic mass is 19.1. The maximum absolute atomic E-state index is 13.7. The number of carbonyl (C=O) groups excluding carboxylic acids is 1. The van der Waals surface area contributed by atoms with Crippen molar-refractivity contribution in [3.8, 4) is 0 Å². The van der Waals surface area contributed by atoms with Crippen molar-refractivity contribution in [2.24, 2.45) is 11.7 Å². The van der Waals surface area contributed by atoms with Crippen LogP contribution >= 0.6 is 0 Å². The standard InChI is InChI=1S/C16H26FN3O/c1-5-11(2)15(18)16(21)19-9-12-6-7-14(17)13(8-12)10-20(3)4/h6-8,11,15H,5,9-10,18H2,1-4H3,(H,19,21). The Morgan fingerprint density at radius 3 is 2.67 bits per heavy atom. The van der Waals surface area contributed by atoms with Crippen LogP contribution in [0.25, 0.3) is 0 Å². The van der Waals surface area contributed by atoms with E-state index in [1.807, 2.05) is 32.8 Å². The van der Waals surface area contributed by atoms with Gasteiger partial charge in [-0.15, -0.1) is 0 Å². The third-order valence-electron chi connectivity index (χ3n) is 3.62. The first kappa shape index (κ1) is 17.6. The van der Waals surface area contributed by atoms with Crippen molar-refractivity contribution in [3.05, 3.63) is 35.1 Å². The Labute approximate surface area is 126 Å². The number of hydrogen-bond donors (Lipinski definition) is 2. The molecule has 0 radical (unpaired) electrons. The van der Waals surface area contributed by atoms with Gasteiger partial charge in [-0.25, -0.2) is 4.39 Å². The first-order chi connectivity index (χ1) is 9.85. The average Bonchev–Trinajstić information content (AvgIpc) is 2.45. The Kier molecular flexibility index (Phi) is 6.78. The van der Waals surface area contributed by atoms with Crippen LogP contribution in [0.3, 0.4) is 0 Å². The van der Waals surface area contributed by atoms with Crippen molar-refractivity contribution in [1.82, 2.24) is 10.2 Å². The summed E-state index contributed by atoms with van der Waals surface area (Å²) in [5.74, 6) is -0.250. The molecule has 3 N–H and O–H groups in total. The van der Waals surface area contributed by atoms with Gasteiger partial charge in [0.25, 0.3) is 0 Å². The van der Waals surface area contributed by atoms with E-state index < -0.39 is 6.04 Å². The van der Waals surface area contributed by atoms with Crippen LogP contribution in [-0.4, -0.2) is 30.9 Å². The van der Waals surface area contributed by atoms with E-state index in [1.54, 1.807) is 12.1 Å². The molecule has 0 saturated heterocycles. The van der Waals surface area contributed by atoms with Crippen LogP contribution in [0.4, 0.5) is 4.39 Å². The predicted molar refractivity (Wildman–Crippen MR) is 83.1 cm³/mol. The summed E-state index contributed by atoms with van der Waals surface area (Å²) in [5.41, 5.74) is 7.37. The Bertz CT molecular complexity index is 477. The Hall–Kier alpha value is -1.46. The zero-order valence-corrected chi connectivity index (χ0v) is 13.3. The van der Waals surface area contributed by atoms with Crippen LogP contribution in [-0.2, 0) is 17.9 Å². The number of amides is 1. The molecule has 1 amide bonds. The normalized spacial score (nSPS) is 14.0. The summed E-state index contributed by atoms with van der Waals surface area (Å²) >= 11 is 0. The highest BCUT2D eigenvalue weighted by Crippen LogP contribution is 2.12. The Morgan fingerprint density at radius 2 is 2.10 bits per heavy atom. The third-order valence-corrected chi connectivity index (χ3v) is 3.62. The quantitative estimate of drug-likeness (QED) is 0.807. The molecule has 0 heterocycles. The SMILES string of the molecule is CCC(C)C(N)C(=O)NCc1ccc(F)c(CN(C)C)c1. The lowest BCUT2D eigenvalue weighted by atomic mass is 9.99. The number of nitrogens with zero attached hydrogens (tertiary/aromatic N) is 1. The monoisotopic (exact) mass is 295 g/mol. The molecule has 5 heteroatoms. The van der Waals surface area contributed by atoms with Crippen LogP contribution in [0, 0.1) is 11.7 Å². The minimum absolute atomic E-state index is 0.141. The molecule has 1 rings (SSSR count). The second kappa shape index (κ2) is 8.10. The fourth-order valence-corrected chi connectivity index (χ4v) is 2.02. The summed E-state index contributed by atoms with van der Waals surface area (Å²) in [6.07, 6.45) is 0.859. The number of hydrogen-bond acceptors (Lipinski definition) is 3. The van der Waals surface area contributed by atoms with E-state index in [0.29, 0.717) is 18.7 Å². The third kappa shape index (κ3) is 5.44. The second-order valence-electron chi connectivity index (χ2n) is 5.79. The predicted octanol–water partition coefficient (Wildman–Crippen LogP) is 1.88. The van der Waals surface area contributed by atoms with Gasteiger partial charge in [0, 0.05) is 18.7 Å². The number of nitrogens with two attached hydrogens (primary N) is 1. The summed E-state index contributed by atoms with van der Waals surface area (Å²) in [5, 5.41) is 2.81. The van der Waals surface area contributed by atoms with Crippen molar-refractivity contribution < 1.29 is 9.18 Å². The van der Waals surface area contributed by atoms with Gasteiger partial charge in [0.15, 0.2) is 0 Å². The molecular formula is C16H26FN3O. The van der Waals surface area contributed by atoms with Gasteiger partial charge in [-0.1, -0.05) is 26.3 Å². The molecule has 0 fully saturated rings. The van der Waals surface area contributed by atoms with Gasteiger partial charge >= 0.3 is 0 Å². The first-order valence-corrected chi connectivity index (χ1v) is 7.30. The van der Waals surface area contributed by atoms with Crippen molar-refractivity contribution in [3.63, 3.8) is 0 Å². The molecule has 0 aliphatic heterocycles. The largest absolute Gasteiger partial charge is 0.351 e. The smallest absolute Gasteiger partial charge is 0.237 e. The highest BCUT2D eigenvalue weighted by molar-refractivity contribution is 5.81. The fraction of sp³-hybridized carbons (Fsp3) is 0.562. The van der Waals surface area contributed by atoms with E-state index >= 15 is 0 Å². The molecule has 0 aliphatic carbocycles. The highest BCUT2D eigenvalue weighted by Gasteiger charge is 2.18. The molecule has 0 spiro atoms. The topological polar surface area (TPSA) is 58.4 Å². The number of benzene rings is 1. The van der Waals surface area contributed by atoms with Gasteiger partial charge in [-0.2, -0.15) is 0 Å². The van der Waals surface area contributed by atoms with Gasteiger partial charge in [0.05, 0.1) is 6.04 Å². The molecule has 2 atom stereocenters. The van der Waals surface area contributed by atoms with E-state index in [0.717, 1.165) is 12.0 Å². The van der Waals surface area contributed by atoms with Gasteiger partial charge in [0.2, 0.25) is 5.91 Å². The fourth-order valence-electron chi connectivity index (χ4n) is 2.02. The molecule has 1 aromatic carbocycles. The van der Waals surface area contributed by atoms with E-state index in [-0.39, 0.29) is 17.6 Å². The maximum Gasteiger partial charge on any atom is 0.237 e. The molecule has 0 bridgehead atoms. The molecule has 0 aliphatic rings. The molecule has 0 saturated carbocycles. The lowest BCUT2D eigenvalue weighted by molar-refractivity contribution is -0.123. The summed E-state index contributed by atoms with van der Waals surface area (Å²) in [6, 6.07) is 4.40. The minimum Gasteiger partial charge on any atom is -0.351 e. The van der Waals surface area contributed by atoms with Crippen molar-refractivity contribution in [1.29, 1.82) is 0 Å². The molecule has 0 aromatic heterocycles. The second-order valence-corrected chi connectivity index (χ2v) is 5.79. The van der Waals surface area contributed by atoms with Gasteiger partial charge in [-0.3, -0.25) is 4.79 Å². The van der Waals surface area contributed by atoms with Crippen molar-refractivity contribution in [2.45, 2.75) is 39.4 Å². The van der Waals surface area contributed by atoms with E-state index in [9.17, 15) is 9.18 Å². The van der Waals surface area contributed by atoms with E-state index in [4.69, 9.17) is 5.73 Å². The molecule has 21 heavy (non-hydrogen) atoms. The first-order valence-electron chi connectivity index (χ1n) is 7.30. The summed E-state index contributed by atoms with van der Waals surface area (Å²) in [6.45, 7) is 4.85. The van der Waals surface area contributed by atoms with Crippen LogP contribution in [0.15, 0.2) is 18.2 Å². The zero-order chi connectivity index (χ0) is 16.0. The van der Waals surface area contributed by atoms with Crippen LogP contribution in [0.1, 0.15) is 31.4 Å². The number of carbonyl (C=O) groups is 1. The van der Waals surface area contributed by atoms with Gasteiger partial charge < -0.3 is 16.0 Å². The summed E-state index contributed by atoms with van der Waals surface area (Å²) in [7, 11) is 3.78. The van der Waals surface area contributed by atoms with E-state index in [1.165, 1.54) is 6.07 Å². The Balaban J connectivity index is 2.65. The van der Waals surface area contributed by atoms with Crippen LogP contribution in [0.5, 0.6) is 0 Å². The van der Waals surface area contributed by atoms with Crippen LogP contribution < -0.4 is 11.1 Å². The average molecular weight is 295 g/mol. The van der Waals surface area contributed by atoms with Crippen LogP contribution in [0.2, 0.25) is 0 Å².